The number of fused-ring (bicyclic) bond motifs is 2. The van der Waals surface area contributed by atoms with Crippen molar-refractivity contribution in [1.82, 2.24) is 15.5 Å². The number of piperidine rings is 1. The van der Waals surface area contributed by atoms with Crippen LogP contribution in [0.25, 0.3) is 0 Å². The van der Waals surface area contributed by atoms with Gasteiger partial charge in [-0.3, -0.25) is 4.79 Å². The molecule has 2 N–H and O–H groups in total. The molecular formula is C19H31Cl2N3O. The summed E-state index contributed by atoms with van der Waals surface area (Å²) in [6, 6.07) is 9.81. The van der Waals surface area contributed by atoms with Crippen LogP contribution in [0.2, 0.25) is 0 Å². The zero-order chi connectivity index (χ0) is 16.2. The number of hydrogen-bond acceptors (Lipinski definition) is 3. The Labute approximate surface area is 163 Å². The number of carbonyl (C=O) groups excluding carboxylic acids is 1. The molecule has 1 aromatic carbocycles. The summed E-state index contributed by atoms with van der Waals surface area (Å²) in [6.07, 6.45) is 5.61. The van der Waals surface area contributed by atoms with Crippen molar-refractivity contribution in [1.29, 1.82) is 0 Å². The van der Waals surface area contributed by atoms with Gasteiger partial charge in [-0.05, 0) is 56.8 Å². The number of rotatable bonds is 6. The summed E-state index contributed by atoms with van der Waals surface area (Å²) >= 11 is 0. The van der Waals surface area contributed by atoms with Gasteiger partial charge >= 0.3 is 0 Å². The topological polar surface area (TPSA) is 44.4 Å². The minimum atomic E-state index is 0. The first-order valence-electron chi connectivity index (χ1n) is 8.84. The van der Waals surface area contributed by atoms with Gasteiger partial charge in [0.1, 0.15) is 0 Å². The van der Waals surface area contributed by atoms with E-state index in [4.69, 9.17) is 0 Å². The van der Waals surface area contributed by atoms with E-state index in [1.807, 2.05) is 0 Å². The number of nitrogens with zero attached hydrogens (tertiary/aromatic N) is 1. The maximum atomic E-state index is 12.2. The Kier molecular flexibility index (Phi) is 9.22. The smallest absolute Gasteiger partial charge is 0.220 e. The van der Waals surface area contributed by atoms with E-state index in [1.165, 1.54) is 36.8 Å². The van der Waals surface area contributed by atoms with E-state index < -0.39 is 0 Å². The zero-order valence-corrected chi connectivity index (χ0v) is 16.8. The molecule has 2 aliphatic rings. The standard InChI is InChI=1S/C19H29N3O.2ClH/c1-22(2)13-15-5-3-4-14(8-15)12-20-19(23)11-16-9-17-6-7-18(10-16)21-17;;/h3-5,8,16-18,21H,6-7,9-13H2,1-2H3,(H,20,23);2*1H. The molecular weight excluding hydrogens is 357 g/mol. The highest BCUT2D eigenvalue weighted by molar-refractivity contribution is 5.85. The SMILES string of the molecule is CN(C)Cc1cccc(CNC(=O)CC2CC3CCC(C2)N3)c1.Cl.Cl. The monoisotopic (exact) mass is 387 g/mol. The summed E-state index contributed by atoms with van der Waals surface area (Å²) in [5.41, 5.74) is 2.47. The highest BCUT2D eigenvalue weighted by Gasteiger charge is 2.34. The van der Waals surface area contributed by atoms with Crippen molar-refractivity contribution < 1.29 is 4.79 Å². The number of amides is 1. The second-order valence-corrected chi connectivity index (χ2v) is 7.51. The van der Waals surface area contributed by atoms with Gasteiger partial charge < -0.3 is 15.5 Å². The fourth-order valence-corrected chi connectivity index (χ4v) is 4.08. The Hall–Kier alpha value is -0.810. The summed E-state index contributed by atoms with van der Waals surface area (Å²) in [5.74, 6) is 0.767. The van der Waals surface area contributed by atoms with Crippen LogP contribution in [0.3, 0.4) is 0 Å². The van der Waals surface area contributed by atoms with Crippen LogP contribution in [0.15, 0.2) is 24.3 Å². The second-order valence-electron chi connectivity index (χ2n) is 7.51. The van der Waals surface area contributed by atoms with Crippen molar-refractivity contribution in [2.75, 3.05) is 14.1 Å². The van der Waals surface area contributed by atoms with E-state index >= 15 is 0 Å². The molecule has 0 aliphatic carbocycles. The van der Waals surface area contributed by atoms with Gasteiger partial charge in [-0.25, -0.2) is 0 Å². The molecule has 2 aliphatic heterocycles. The average molecular weight is 388 g/mol. The number of carbonyl (C=O) groups is 1. The molecule has 2 unspecified atom stereocenters. The molecule has 0 spiro atoms. The van der Waals surface area contributed by atoms with Crippen LogP contribution < -0.4 is 10.6 Å². The maximum Gasteiger partial charge on any atom is 0.220 e. The lowest BCUT2D eigenvalue weighted by atomic mass is 9.89. The summed E-state index contributed by atoms with van der Waals surface area (Å²) in [5, 5.41) is 6.74. The minimum Gasteiger partial charge on any atom is -0.352 e. The molecule has 2 heterocycles. The maximum absolute atomic E-state index is 12.2. The fraction of sp³-hybridized carbons (Fsp3) is 0.632. The van der Waals surface area contributed by atoms with Crippen LogP contribution in [0.5, 0.6) is 0 Å². The van der Waals surface area contributed by atoms with E-state index in [-0.39, 0.29) is 30.7 Å². The molecule has 0 radical (unpaired) electrons. The molecule has 142 valence electrons. The lowest BCUT2D eigenvalue weighted by molar-refractivity contribution is -0.122. The molecule has 2 bridgehead atoms. The largest absolute Gasteiger partial charge is 0.352 e. The summed E-state index contributed by atoms with van der Waals surface area (Å²) in [4.78, 5) is 14.4. The van der Waals surface area contributed by atoms with E-state index in [0.29, 0.717) is 31.0 Å². The van der Waals surface area contributed by atoms with Crippen LogP contribution in [0.4, 0.5) is 0 Å². The van der Waals surface area contributed by atoms with Gasteiger partial charge in [0.25, 0.3) is 0 Å². The predicted molar refractivity (Wildman–Crippen MR) is 107 cm³/mol. The molecule has 2 atom stereocenters. The first-order chi connectivity index (χ1) is 11.1. The highest BCUT2D eigenvalue weighted by atomic mass is 35.5. The molecule has 25 heavy (non-hydrogen) atoms. The second kappa shape index (κ2) is 10.4. The Balaban J connectivity index is 0.00000156. The number of nitrogens with one attached hydrogen (secondary N) is 2. The van der Waals surface area contributed by atoms with Crippen molar-refractivity contribution in [2.45, 2.75) is 57.3 Å². The van der Waals surface area contributed by atoms with Crippen molar-refractivity contribution >= 4 is 30.7 Å². The fourth-order valence-electron chi connectivity index (χ4n) is 4.08. The molecule has 0 saturated carbocycles. The zero-order valence-electron chi connectivity index (χ0n) is 15.2. The molecule has 1 amide bonds. The van der Waals surface area contributed by atoms with E-state index in [2.05, 4.69) is 53.9 Å². The van der Waals surface area contributed by atoms with Crippen molar-refractivity contribution in [3.8, 4) is 0 Å². The van der Waals surface area contributed by atoms with Crippen molar-refractivity contribution in [3.05, 3.63) is 35.4 Å². The Bertz CT molecular complexity index is 541. The number of benzene rings is 1. The Morgan fingerprint density at radius 1 is 1.16 bits per heavy atom. The third-order valence-electron chi connectivity index (χ3n) is 5.02. The predicted octanol–water partition coefficient (Wildman–Crippen LogP) is 3.13. The molecule has 2 fully saturated rings. The number of hydrogen-bond donors (Lipinski definition) is 2. The van der Waals surface area contributed by atoms with E-state index in [0.717, 1.165) is 6.54 Å². The van der Waals surface area contributed by atoms with Gasteiger partial charge in [0, 0.05) is 31.6 Å². The molecule has 3 rings (SSSR count). The lowest BCUT2D eigenvalue weighted by Gasteiger charge is -2.28. The quantitative estimate of drug-likeness (QED) is 0.787. The van der Waals surface area contributed by atoms with E-state index in [1.54, 1.807) is 0 Å². The average Bonchev–Trinajstić information content (AvgIpc) is 2.84. The highest BCUT2D eigenvalue weighted by Crippen LogP contribution is 2.32. The third kappa shape index (κ3) is 6.78. The van der Waals surface area contributed by atoms with Gasteiger partial charge in [-0.2, -0.15) is 0 Å². The van der Waals surface area contributed by atoms with E-state index in [9.17, 15) is 4.79 Å². The van der Waals surface area contributed by atoms with Crippen LogP contribution in [0, 0.1) is 5.92 Å². The minimum absolute atomic E-state index is 0. The van der Waals surface area contributed by atoms with Crippen LogP contribution in [-0.2, 0) is 17.9 Å². The number of halogens is 2. The Morgan fingerprint density at radius 2 is 1.80 bits per heavy atom. The lowest BCUT2D eigenvalue weighted by Crippen LogP contribution is -2.39. The van der Waals surface area contributed by atoms with Crippen LogP contribution in [0.1, 0.15) is 43.2 Å². The molecule has 0 aromatic heterocycles. The van der Waals surface area contributed by atoms with Crippen LogP contribution in [-0.4, -0.2) is 37.0 Å². The molecule has 2 saturated heterocycles. The van der Waals surface area contributed by atoms with Gasteiger partial charge in [-0.1, -0.05) is 24.3 Å². The normalized spacial score (nSPS) is 24.4. The van der Waals surface area contributed by atoms with Gasteiger partial charge in [-0.15, -0.1) is 24.8 Å². The van der Waals surface area contributed by atoms with Crippen LogP contribution >= 0.6 is 24.8 Å². The van der Waals surface area contributed by atoms with Gasteiger partial charge in [0.15, 0.2) is 0 Å². The van der Waals surface area contributed by atoms with Gasteiger partial charge in [0.05, 0.1) is 0 Å². The molecule has 6 heteroatoms. The Morgan fingerprint density at radius 3 is 2.44 bits per heavy atom. The van der Waals surface area contributed by atoms with Crippen molar-refractivity contribution in [2.24, 2.45) is 5.92 Å². The first kappa shape index (κ1) is 22.2. The first-order valence-corrected chi connectivity index (χ1v) is 8.84. The third-order valence-corrected chi connectivity index (χ3v) is 5.02. The summed E-state index contributed by atoms with van der Waals surface area (Å²) in [7, 11) is 4.14. The molecule has 1 aromatic rings. The summed E-state index contributed by atoms with van der Waals surface area (Å²) < 4.78 is 0. The molecule has 4 nitrogen and oxygen atoms in total. The summed E-state index contributed by atoms with van der Waals surface area (Å²) in [6.45, 7) is 1.57. The van der Waals surface area contributed by atoms with Crippen molar-refractivity contribution in [3.63, 3.8) is 0 Å². The van der Waals surface area contributed by atoms with Gasteiger partial charge in [0.2, 0.25) is 5.91 Å².